The second kappa shape index (κ2) is 9.05. The highest BCUT2D eigenvalue weighted by Gasteiger charge is 2.16. The molecule has 2 rings (SSSR count). The lowest BCUT2D eigenvalue weighted by atomic mass is 10.2. The molecule has 1 N–H and O–H groups in total. The van der Waals surface area contributed by atoms with E-state index in [-0.39, 0.29) is 0 Å². The first-order valence-electron chi connectivity index (χ1n) is 7.02. The number of hydrogen-bond acceptors (Lipinski definition) is 4. The van der Waals surface area contributed by atoms with Gasteiger partial charge in [-0.05, 0) is 36.6 Å². The van der Waals surface area contributed by atoms with Crippen molar-refractivity contribution >= 4 is 27.7 Å². The third kappa shape index (κ3) is 5.37. The summed E-state index contributed by atoms with van der Waals surface area (Å²) >= 11 is 5.55. The van der Waals surface area contributed by atoms with Crippen LogP contribution in [0.25, 0.3) is 0 Å². The molecule has 1 heterocycles. The number of ether oxygens (including phenoxy) is 2. The minimum absolute atomic E-state index is 0.683. The van der Waals surface area contributed by atoms with Crippen molar-refractivity contribution in [2.24, 2.45) is 0 Å². The molecule has 0 spiro atoms. The quantitative estimate of drug-likeness (QED) is 0.755. The van der Waals surface area contributed by atoms with Gasteiger partial charge in [-0.3, -0.25) is 0 Å². The zero-order chi connectivity index (χ0) is 14.2. The molecule has 20 heavy (non-hydrogen) atoms. The van der Waals surface area contributed by atoms with Crippen LogP contribution < -0.4 is 5.32 Å². The summed E-state index contributed by atoms with van der Waals surface area (Å²) in [6.45, 7) is 4.31. The van der Waals surface area contributed by atoms with Gasteiger partial charge in [-0.25, -0.2) is 0 Å². The van der Waals surface area contributed by atoms with E-state index in [2.05, 4.69) is 39.4 Å². The standard InChI is InChI=1S/C15H22BrNO2S/c1-18-9-6-17-11-12-10-13(16)2-3-15(12)20-14-4-7-19-8-5-14/h2-3,10,14,17H,4-9,11H2,1H3. The molecule has 112 valence electrons. The summed E-state index contributed by atoms with van der Waals surface area (Å²) in [6, 6.07) is 6.55. The molecule has 5 heteroatoms. The van der Waals surface area contributed by atoms with Gasteiger partial charge in [0.05, 0.1) is 6.61 Å². The first-order chi connectivity index (χ1) is 9.79. The van der Waals surface area contributed by atoms with Gasteiger partial charge in [-0.2, -0.15) is 0 Å². The van der Waals surface area contributed by atoms with Crippen LogP contribution in [0, 0.1) is 0 Å². The largest absolute Gasteiger partial charge is 0.383 e. The smallest absolute Gasteiger partial charge is 0.0587 e. The summed E-state index contributed by atoms with van der Waals surface area (Å²) < 4.78 is 11.6. The Bertz CT molecular complexity index is 411. The molecule has 0 bridgehead atoms. The summed E-state index contributed by atoms with van der Waals surface area (Å²) in [7, 11) is 1.73. The zero-order valence-corrected chi connectivity index (χ0v) is 14.3. The molecule has 0 aromatic heterocycles. The maximum atomic E-state index is 5.43. The molecule has 1 aliphatic rings. The molecule has 3 nitrogen and oxygen atoms in total. The molecule has 0 radical (unpaired) electrons. The SMILES string of the molecule is COCCNCc1cc(Br)ccc1SC1CCOCC1. The van der Waals surface area contributed by atoms with Crippen molar-refractivity contribution in [3.63, 3.8) is 0 Å². The van der Waals surface area contributed by atoms with Gasteiger partial charge in [0.25, 0.3) is 0 Å². The molecule has 1 aliphatic heterocycles. The number of rotatable bonds is 7. The number of thioether (sulfide) groups is 1. The van der Waals surface area contributed by atoms with Crippen molar-refractivity contribution in [1.82, 2.24) is 5.32 Å². The van der Waals surface area contributed by atoms with Gasteiger partial charge in [-0.1, -0.05) is 15.9 Å². The zero-order valence-electron chi connectivity index (χ0n) is 11.9. The molecule has 0 unspecified atom stereocenters. The number of hydrogen-bond donors (Lipinski definition) is 1. The monoisotopic (exact) mass is 359 g/mol. The van der Waals surface area contributed by atoms with Crippen LogP contribution in [-0.4, -0.2) is 38.7 Å². The van der Waals surface area contributed by atoms with E-state index in [1.807, 2.05) is 11.8 Å². The van der Waals surface area contributed by atoms with Crippen molar-refractivity contribution in [2.75, 3.05) is 33.5 Å². The van der Waals surface area contributed by atoms with Gasteiger partial charge in [0.1, 0.15) is 0 Å². The van der Waals surface area contributed by atoms with Crippen molar-refractivity contribution in [3.8, 4) is 0 Å². The van der Waals surface area contributed by atoms with Gasteiger partial charge < -0.3 is 14.8 Å². The van der Waals surface area contributed by atoms with Crippen LogP contribution in [0.3, 0.4) is 0 Å². The van der Waals surface area contributed by atoms with Crippen molar-refractivity contribution in [1.29, 1.82) is 0 Å². The molecule has 0 aliphatic carbocycles. The van der Waals surface area contributed by atoms with Crippen LogP contribution in [0.4, 0.5) is 0 Å². The first kappa shape index (κ1) is 16.3. The lowest BCUT2D eigenvalue weighted by molar-refractivity contribution is 0.1000. The summed E-state index contributed by atoms with van der Waals surface area (Å²) in [4.78, 5) is 1.38. The Kier molecular flexibility index (Phi) is 7.38. The molecule has 1 saturated heterocycles. The maximum Gasteiger partial charge on any atom is 0.0587 e. The van der Waals surface area contributed by atoms with Crippen LogP contribution in [0.5, 0.6) is 0 Å². The van der Waals surface area contributed by atoms with Gasteiger partial charge in [0.15, 0.2) is 0 Å². The van der Waals surface area contributed by atoms with Crippen LogP contribution in [-0.2, 0) is 16.0 Å². The Balaban J connectivity index is 1.95. The summed E-state index contributed by atoms with van der Waals surface area (Å²) in [6.07, 6.45) is 2.30. The molecule has 1 fully saturated rings. The molecule has 1 aromatic carbocycles. The predicted octanol–water partition coefficient (Wildman–Crippen LogP) is 3.46. The topological polar surface area (TPSA) is 30.5 Å². The molecule has 0 atom stereocenters. The second-order valence-electron chi connectivity index (χ2n) is 4.85. The molecular formula is C15H22BrNO2S. The van der Waals surface area contributed by atoms with Crippen molar-refractivity contribution in [3.05, 3.63) is 28.2 Å². The minimum atomic E-state index is 0.683. The first-order valence-corrected chi connectivity index (χ1v) is 8.69. The predicted molar refractivity (Wildman–Crippen MR) is 87.4 cm³/mol. The number of halogens is 1. The van der Waals surface area contributed by atoms with Gasteiger partial charge >= 0.3 is 0 Å². The summed E-state index contributed by atoms with van der Waals surface area (Å²) in [5.41, 5.74) is 1.35. The lowest BCUT2D eigenvalue weighted by Gasteiger charge is -2.22. The maximum absolute atomic E-state index is 5.43. The van der Waals surface area contributed by atoms with Crippen LogP contribution in [0.2, 0.25) is 0 Å². The van der Waals surface area contributed by atoms with Crippen LogP contribution >= 0.6 is 27.7 Å². The van der Waals surface area contributed by atoms with E-state index < -0.39 is 0 Å². The Morgan fingerprint density at radius 3 is 2.95 bits per heavy atom. The molecule has 0 saturated carbocycles. The van der Waals surface area contributed by atoms with Gasteiger partial charge in [0, 0.05) is 48.0 Å². The van der Waals surface area contributed by atoms with Gasteiger partial charge in [0.2, 0.25) is 0 Å². The highest BCUT2D eigenvalue weighted by Crippen LogP contribution is 2.33. The average Bonchev–Trinajstić information content (AvgIpc) is 2.47. The highest BCUT2D eigenvalue weighted by molar-refractivity contribution is 9.10. The Hall–Kier alpha value is -0.0700. The van der Waals surface area contributed by atoms with Crippen LogP contribution in [0.15, 0.2) is 27.6 Å². The molecule has 1 aromatic rings. The minimum Gasteiger partial charge on any atom is -0.383 e. The van der Waals surface area contributed by atoms with Gasteiger partial charge in [-0.15, -0.1) is 11.8 Å². The molecular weight excluding hydrogens is 338 g/mol. The third-order valence-electron chi connectivity index (χ3n) is 3.28. The Morgan fingerprint density at radius 2 is 2.20 bits per heavy atom. The van der Waals surface area contributed by atoms with E-state index in [1.165, 1.54) is 10.5 Å². The van der Waals surface area contributed by atoms with E-state index in [4.69, 9.17) is 9.47 Å². The number of methoxy groups -OCH3 is 1. The Labute approximate surface area is 133 Å². The highest BCUT2D eigenvalue weighted by atomic mass is 79.9. The van der Waals surface area contributed by atoms with Crippen molar-refractivity contribution < 1.29 is 9.47 Å². The lowest BCUT2D eigenvalue weighted by Crippen LogP contribution is -2.20. The number of benzene rings is 1. The second-order valence-corrected chi connectivity index (χ2v) is 7.11. The van der Waals surface area contributed by atoms with E-state index in [0.29, 0.717) is 5.25 Å². The summed E-state index contributed by atoms with van der Waals surface area (Å²) in [5.74, 6) is 0. The molecule has 0 amide bonds. The third-order valence-corrected chi connectivity index (χ3v) is 5.23. The van der Waals surface area contributed by atoms with E-state index >= 15 is 0 Å². The van der Waals surface area contributed by atoms with Crippen LogP contribution in [0.1, 0.15) is 18.4 Å². The fourth-order valence-electron chi connectivity index (χ4n) is 2.17. The van der Waals surface area contributed by atoms with E-state index in [1.54, 1.807) is 7.11 Å². The van der Waals surface area contributed by atoms with Crippen molar-refractivity contribution in [2.45, 2.75) is 29.5 Å². The average molecular weight is 360 g/mol. The van der Waals surface area contributed by atoms with E-state index in [9.17, 15) is 0 Å². The fraction of sp³-hybridized carbons (Fsp3) is 0.600. The Morgan fingerprint density at radius 1 is 1.40 bits per heavy atom. The van der Waals surface area contributed by atoms with E-state index in [0.717, 1.165) is 50.2 Å². The number of nitrogens with one attached hydrogen (secondary N) is 1. The normalized spacial score (nSPS) is 16.5. The fourth-order valence-corrected chi connectivity index (χ4v) is 3.80. The summed E-state index contributed by atoms with van der Waals surface area (Å²) in [5, 5.41) is 4.11.